The van der Waals surface area contributed by atoms with Gasteiger partial charge in [0.25, 0.3) is 0 Å². The summed E-state index contributed by atoms with van der Waals surface area (Å²) in [7, 11) is 0. The number of carboxylic acid groups (broad SMARTS) is 1. The van der Waals surface area contributed by atoms with Crippen molar-refractivity contribution in [3.05, 3.63) is 28.2 Å². The van der Waals surface area contributed by atoms with E-state index in [-0.39, 0.29) is 17.5 Å². The number of hydrogen-bond donors (Lipinski definition) is 3. The van der Waals surface area contributed by atoms with Crippen LogP contribution in [0, 0.1) is 0 Å². The van der Waals surface area contributed by atoms with Crippen molar-refractivity contribution < 1.29 is 19.4 Å². The summed E-state index contributed by atoms with van der Waals surface area (Å²) in [6.07, 6.45) is 1.65. The molecule has 1 heterocycles. The number of amides is 1. The zero-order valence-electron chi connectivity index (χ0n) is 12.4. The molecular formula is C15H18Cl2N2O4. The number of ether oxygens (including phenoxy) is 1. The number of nitrogens with one attached hydrogen (secondary N) is 2. The van der Waals surface area contributed by atoms with Gasteiger partial charge in [0.15, 0.2) is 0 Å². The molecule has 1 amide bonds. The average molecular weight is 361 g/mol. The van der Waals surface area contributed by atoms with Gasteiger partial charge in [0.1, 0.15) is 6.04 Å². The van der Waals surface area contributed by atoms with Crippen LogP contribution in [0.1, 0.15) is 19.3 Å². The van der Waals surface area contributed by atoms with E-state index in [4.69, 9.17) is 27.9 Å². The number of carboxylic acids is 1. The summed E-state index contributed by atoms with van der Waals surface area (Å²) in [4.78, 5) is 23.3. The quantitative estimate of drug-likeness (QED) is 0.695. The van der Waals surface area contributed by atoms with Gasteiger partial charge in [0.2, 0.25) is 5.91 Å². The summed E-state index contributed by atoms with van der Waals surface area (Å²) < 4.78 is 5.42. The van der Waals surface area contributed by atoms with Crippen molar-refractivity contribution >= 4 is 40.8 Å². The minimum atomic E-state index is -1.09. The number of rotatable bonds is 7. The van der Waals surface area contributed by atoms with Crippen LogP contribution >= 0.6 is 23.2 Å². The maximum absolute atomic E-state index is 12.0. The summed E-state index contributed by atoms with van der Waals surface area (Å²) >= 11 is 11.9. The first-order chi connectivity index (χ1) is 11.0. The molecule has 1 saturated heterocycles. The second-order valence-electron chi connectivity index (χ2n) is 5.29. The van der Waals surface area contributed by atoms with Gasteiger partial charge in [-0.1, -0.05) is 29.3 Å². The Balaban J connectivity index is 1.89. The van der Waals surface area contributed by atoms with E-state index < -0.39 is 17.9 Å². The minimum absolute atomic E-state index is 0.00212. The van der Waals surface area contributed by atoms with E-state index in [1.807, 2.05) is 0 Å². The van der Waals surface area contributed by atoms with Crippen molar-refractivity contribution in [1.82, 2.24) is 5.32 Å². The van der Waals surface area contributed by atoms with Crippen LogP contribution in [0.4, 0.5) is 5.69 Å². The maximum Gasteiger partial charge on any atom is 0.321 e. The van der Waals surface area contributed by atoms with Crippen molar-refractivity contribution in [2.24, 2.45) is 0 Å². The number of benzene rings is 1. The number of carbonyl (C=O) groups is 2. The number of hydrogen-bond acceptors (Lipinski definition) is 4. The Kier molecular flexibility index (Phi) is 6.65. The Morgan fingerprint density at radius 3 is 2.83 bits per heavy atom. The number of halogens is 2. The molecule has 0 bridgehead atoms. The average Bonchev–Trinajstić information content (AvgIpc) is 3.01. The van der Waals surface area contributed by atoms with Crippen LogP contribution in [-0.4, -0.2) is 42.3 Å². The topological polar surface area (TPSA) is 87.7 Å². The Morgan fingerprint density at radius 2 is 2.17 bits per heavy atom. The van der Waals surface area contributed by atoms with Crippen LogP contribution in [0.5, 0.6) is 0 Å². The smallest absolute Gasteiger partial charge is 0.321 e. The van der Waals surface area contributed by atoms with Crippen molar-refractivity contribution in [1.29, 1.82) is 0 Å². The molecular weight excluding hydrogens is 343 g/mol. The van der Waals surface area contributed by atoms with Gasteiger partial charge in [-0.2, -0.15) is 0 Å². The molecule has 1 aromatic carbocycles. The minimum Gasteiger partial charge on any atom is -0.480 e. The third-order valence-corrected chi connectivity index (χ3v) is 4.35. The number of aliphatic carboxylic acids is 1. The van der Waals surface area contributed by atoms with E-state index in [1.165, 1.54) is 0 Å². The first-order valence-electron chi connectivity index (χ1n) is 7.29. The summed E-state index contributed by atoms with van der Waals surface area (Å²) in [5, 5.41) is 15.2. The molecule has 0 aliphatic carbocycles. The van der Waals surface area contributed by atoms with Crippen LogP contribution in [0.3, 0.4) is 0 Å². The second-order valence-corrected chi connectivity index (χ2v) is 6.07. The van der Waals surface area contributed by atoms with Crippen molar-refractivity contribution in [2.75, 3.05) is 18.5 Å². The van der Waals surface area contributed by atoms with E-state index >= 15 is 0 Å². The van der Waals surface area contributed by atoms with Crippen molar-refractivity contribution in [2.45, 2.75) is 31.4 Å². The fraction of sp³-hybridized carbons (Fsp3) is 0.467. The van der Waals surface area contributed by atoms with Crippen molar-refractivity contribution in [3.63, 3.8) is 0 Å². The molecule has 6 nitrogen and oxygen atoms in total. The van der Waals surface area contributed by atoms with Gasteiger partial charge < -0.3 is 20.5 Å². The van der Waals surface area contributed by atoms with E-state index in [1.54, 1.807) is 18.2 Å². The molecule has 0 saturated carbocycles. The van der Waals surface area contributed by atoms with Gasteiger partial charge >= 0.3 is 5.97 Å². The summed E-state index contributed by atoms with van der Waals surface area (Å²) in [5.41, 5.74) is 0.354. The predicted octanol–water partition coefficient (Wildman–Crippen LogP) is 2.54. The summed E-state index contributed by atoms with van der Waals surface area (Å²) in [6.45, 7) is 1.10. The highest BCUT2D eigenvalue weighted by atomic mass is 35.5. The van der Waals surface area contributed by atoms with Gasteiger partial charge in [0.05, 0.1) is 28.3 Å². The molecule has 1 aliphatic heterocycles. The lowest BCUT2D eigenvalue weighted by atomic mass is 10.1. The molecule has 0 unspecified atom stereocenters. The third-order valence-electron chi connectivity index (χ3n) is 3.53. The van der Waals surface area contributed by atoms with Crippen molar-refractivity contribution in [3.8, 4) is 0 Å². The summed E-state index contributed by atoms with van der Waals surface area (Å²) in [5.74, 6) is -1.54. The molecule has 1 aliphatic rings. The third kappa shape index (κ3) is 5.35. The lowest BCUT2D eigenvalue weighted by Crippen LogP contribution is -2.43. The van der Waals surface area contributed by atoms with Crippen LogP contribution in [0.2, 0.25) is 10.0 Å². The number of carbonyl (C=O) groups excluding carboxylic acids is 1. The van der Waals surface area contributed by atoms with Gasteiger partial charge in [-0.25, -0.2) is 0 Å². The molecule has 0 aromatic heterocycles. The summed E-state index contributed by atoms with van der Waals surface area (Å²) in [6, 6.07) is 3.86. The van der Waals surface area contributed by atoms with Gasteiger partial charge in [0, 0.05) is 13.2 Å². The Bertz CT molecular complexity index is 577. The van der Waals surface area contributed by atoms with E-state index in [0.29, 0.717) is 23.9 Å². The molecule has 8 heteroatoms. The van der Waals surface area contributed by atoms with Crippen LogP contribution in [-0.2, 0) is 14.3 Å². The highest BCUT2D eigenvalue weighted by Crippen LogP contribution is 2.29. The van der Waals surface area contributed by atoms with E-state index in [0.717, 1.165) is 12.8 Å². The molecule has 0 radical (unpaired) electrons. The molecule has 1 fully saturated rings. The molecule has 2 rings (SSSR count). The molecule has 23 heavy (non-hydrogen) atoms. The normalized spacial score (nSPS) is 18.6. The Morgan fingerprint density at radius 1 is 1.39 bits per heavy atom. The lowest BCUT2D eigenvalue weighted by Gasteiger charge is -2.17. The predicted molar refractivity (Wildman–Crippen MR) is 88.1 cm³/mol. The zero-order valence-corrected chi connectivity index (χ0v) is 13.9. The van der Waals surface area contributed by atoms with Crippen LogP contribution in [0.25, 0.3) is 0 Å². The standard InChI is InChI=1S/C15H18Cl2N2O4/c16-10-4-1-5-11(14(10)17)19-13(20)7-12(15(21)22)18-8-9-3-2-6-23-9/h1,4-5,9,12,18H,2-3,6-8H2,(H,19,20)(H,21,22)/t9-,12-/m1/s1. The largest absolute Gasteiger partial charge is 0.480 e. The van der Waals surface area contributed by atoms with Crippen LogP contribution < -0.4 is 10.6 Å². The lowest BCUT2D eigenvalue weighted by molar-refractivity contribution is -0.141. The molecule has 0 spiro atoms. The molecule has 2 atom stereocenters. The molecule has 1 aromatic rings. The van der Waals surface area contributed by atoms with Gasteiger partial charge in [-0.05, 0) is 25.0 Å². The number of anilines is 1. The fourth-order valence-electron chi connectivity index (χ4n) is 2.31. The SMILES string of the molecule is O=C(C[C@@H](NC[C@H]1CCCO1)C(=O)O)Nc1cccc(Cl)c1Cl. The van der Waals surface area contributed by atoms with Gasteiger partial charge in [-0.15, -0.1) is 0 Å². The van der Waals surface area contributed by atoms with Crippen LogP contribution in [0.15, 0.2) is 18.2 Å². The van der Waals surface area contributed by atoms with Gasteiger partial charge in [-0.3, -0.25) is 9.59 Å². The molecule has 3 N–H and O–H groups in total. The first-order valence-corrected chi connectivity index (χ1v) is 8.04. The monoisotopic (exact) mass is 360 g/mol. The van der Waals surface area contributed by atoms with E-state index in [2.05, 4.69) is 10.6 Å². The maximum atomic E-state index is 12.0. The Labute approximate surface area is 144 Å². The first kappa shape index (κ1) is 18.0. The second kappa shape index (κ2) is 8.49. The van der Waals surface area contributed by atoms with E-state index in [9.17, 15) is 14.7 Å². The fourth-order valence-corrected chi connectivity index (χ4v) is 2.66. The Hall–Kier alpha value is -1.34. The highest BCUT2D eigenvalue weighted by molar-refractivity contribution is 6.43. The highest BCUT2D eigenvalue weighted by Gasteiger charge is 2.24. The molecule has 126 valence electrons. The zero-order chi connectivity index (χ0) is 16.8.